The molecule has 0 aliphatic carbocycles. The van der Waals surface area contributed by atoms with Gasteiger partial charge in [0.25, 0.3) is 5.82 Å². The number of hydrogen-bond acceptors (Lipinski definition) is 1. The summed E-state index contributed by atoms with van der Waals surface area (Å²) in [7, 11) is 0. The molecule has 80 valence electrons. The van der Waals surface area contributed by atoms with E-state index in [2.05, 4.69) is 53.9 Å². The molecule has 1 heterocycles. The van der Waals surface area contributed by atoms with E-state index in [0.29, 0.717) is 0 Å². The van der Waals surface area contributed by atoms with Gasteiger partial charge in [-0.1, -0.05) is 29.8 Å². The zero-order valence-corrected chi connectivity index (χ0v) is 9.07. The van der Waals surface area contributed by atoms with E-state index < -0.39 is 0 Å². The van der Waals surface area contributed by atoms with Crippen LogP contribution in [0.2, 0.25) is 0 Å². The molecular formula is C12H16N2O. The zero-order chi connectivity index (χ0) is 9.97. The Bertz CT molecular complexity index is 435. The third-order valence-electron chi connectivity index (χ3n) is 2.41. The van der Waals surface area contributed by atoms with Crippen molar-refractivity contribution in [2.45, 2.75) is 20.4 Å². The van der Waals surface area contributed by atoms with Crippen LogP contribution in [0.5, 0.6) is 0 Å². The first-order valence-electron chi connectivity index (χ1n) is 4.84. The second-order valence-electron chi connectivity index (χ2n) is 3.66. The van der Waals surface area contributed by atoms with Gasteiger partial charge >= 0.3 is 0 Å². The van der Waals surface area contributed by atoms with Crippen molar-refractivity contribution >= 4 is 0 Å². The number of aromatic amines is 1. The third kappa shape index (κ3) is 2.67. The molecule has 2 N–H and O–H groups in total. The normalized spacial score (nSPS) is 9.73. The van der Waals surface area contributed by atoms with Crippen LogP contribution in [0.15, 0.2) is 36.7 Å². The fourth-order valence-corrected chi connectivity index (χ4v) is 1.62. The lowest BCUT2D eigenvalue weighted by atomic mass is 10.1. The van der Waals surface area contributed by atoms with Crippen LogP contribution >= 0.6 is 0 Å². The highest BCUT2D eigenvalue weighted by Crippen LogP contribution is 2.03. The van der Waals surface area contributed by atoms with E-state index in [-0.39, 0.29) is 5.48 Å². The van der Waals surface area contributed by atoms with Crippen LogP contribution in [0.1, 0.15) is 17.0 Å². The number of rotatable bonds is 2. The number of aryl methyl sites for hydroxylation is 2. The van der Waals surface area contributed by atoms with E-state index in [9.17, 15) is 0 Å². The molecule has 0 saturated heterocycles. The number of hydrogen-bond donors (Lipinski definition) is 1. The maximum Gasteiger partial charge on any atom is 0.251 e. The molecule has 1 aromatic heterocycles. The van der Waals surface area contributed by atoms with Gasteiger partial charge in [-0.05, 0) is 12.5 Å². The Kier molecular flexibility index (Phi) is 3.63. The van der Waals surface area contributed by atoms with Crippen molar-refractivity contribution in [1.29, 1.82) is 0 Å². The molecule has 0 radical (unpaired) electrons. The Balaban J connectivity index is 0.00000112. The number of H-pyrrole nitrogens is 1. The van der Waals surface area contributed by atoms with Gasteiger partial charge in [0.05, 0.1) is 0 Å². The first-order valence-corrected chi connectivity index (χ1v) is 4.84. The summed E-state index contributed by atoms with van der Waals surface area (Å²) < 4.78 is 2.20. The number of nitrogens with zero attached hydrogens (tertiary/aromatic N) is 1. The standard InChI is InChI=1S/C12H14N2.H2O/c1-10-4-3-5-12(8-10)9-14-7-6-13-11(14)2;/h3-8H,9H2,1-2H3;1H2. The predicted molar refractivity (Wildman–Crippen MR) is 57.9 cm³/mol. The van der Waals surface area contributed by atoms with Crippen LogP contribution in [-0.2, 0) is 6.54 Å². The fraction of sp³-hybridized carbons (Fsp3) is 0.250. The smallest absolute Gasteiger partial charge is 0.251 e. The summed E-state index contributed by atoms with van der Waals surface area (Å²) in [5.74, 6) is 1.19. The number of benzene rings is 1. The Labute approximate surface area is 89.7 Å². The van der Waals surface area contributed by atoms with Crippen molar-refractivity contribution in [3.8, 4) is 0 Å². The number of aromatic nitrogens is 2. The minimum absolute atomic E-state index is 0. The highest BCUT2D eigenvalue weighted by Gasteiger charge is 2.04. The summed E-state index contributed by atoms with van der Waals surface area (Å²) in [5.41, 5.74) is 2.66. The summed E-state index contributed by atoms with van der Waals surface area (Å²) in [6.07, 6.45) is 4.03. The molecule has 15 heavy (non-hydrogen) atoms. The first kappa shape index (κ1) is 11.5. The molecule has 0 fully saturated rings. The second-order valence-corrected chi connectivity index (χ2v) is 3.66. The largest absolute Gasteiger partial charge is 0.870 e. The monoisotopic (exact) mass is 204 g/mol. The molecule has 0 aliphatic heterocycles. The van der Waals surface area contributed by atoms with E-state index in [0.717, 1.165) is 6.54 Å². The van der Waals surface area contributed by atoms with Gasteiger partial charge in [0, 0.05) is 6.92 Å². The Hall–Kier alpha value is -1.61. The van der Waals surface area contributed by atoms with Crippen molar-refractivity contribution in [3.05, 3.63) is 53.6 Å². The Morgan fingerprint density at radius 1 is 1.27 bits per heavy atom. The molecule has 0 atom stereocenters. The number of nitrogens with one attached hydrogen (secondary N) is 1. The lowest BCUT2D eigenvalue weighted by molar-refractivity contribution is -0.693. The summed E-state index contributed by atoms with van der Waals surface area (Å²) in [6, 6.07) is 8.61. The van der Waals surface area contributed by atoms with Gasteiger partial charge < -0.3 is 5.48 Å². The highest BCUT2D eigenvalue weighted by atomic mass is 16.0. The second kappa shape index (κ2) is 4.75. The van der Waals surface area contributed by atoms with Crippen LogP contribution < -0.4 is 4.57 Å². The molecule has 0 unspecified atom stereocenters. The van der Waals surface area contributed by atoms with E-state index in [1.54, 1.807) is 0 Å². The lowest BCUT2D eigenvalue weighted by Gasteiger charge is -2.00. The van der Waals surface area contributed by atoms with Crippen molar-refractivity contribution in [2.75, 3.05) is 0 Å². The van der Waals surface area contributed by atoms with Crippen molar-refractivity contribution in [3.63, 3.8) is 0 Å². The molecule has 0 saturated carbocycles. The van der Waals surface area contributed by atoms with Crippen molar-refractivity contribution in [1.82, 2.24) is 4.98 Å². The average molecular weight is 204 g/mol. The van der Waals surface area contributed by atoms with Gasteiger partial charge in [0.1, 0.15) is 18.9 Å². The number of imidazole rings is 1. The minimum atomic E-state index is 0. The molecule has 1 aromatic carbocycles. The maximum atomic E-state index is 3.17. The van der Waals surface area contributed by atoms with E-state index in [1.807, 2.05) is 6.20 Å². The van der Waals surface area contributed by atoms with E-state index in [1.165, 1.54) is 17.0 Å². The zero-order valence-electron chi connectivity index (χ0n) is 9.07. The Morgan fingerprint density at radius 3 is 2.67 bits per heavy atom. The third-order valence-corrected chi connectivity index (χ3v) is 2.41. The first-order chi connectivity index (χ1) is 6.75. The molecule has 0 spiro atoms. The lowest BCUT2D eigenvalue weighted by Crippen LogP contribution is -2.34. The summed E-state index contributed by atoms with van der Waals surface area (Å²) in [5, 5.41) is 0. The minimum Gasteiger partial charge on any atom is -0.870 e. The predicted octanol–water partition coefficient (Wildman–Crippen LogP) is 1.79. The van der Waals surface area contributed by atoms with Gasteiger partial charge in [0.2, 0.25) is 0 Å². The van der Waals surface area contributed by atoms with E-state index >= 15 is 0 Å². The SMILES string of the molecule is Cc1cccc(C[n+]2cc[nH]c2C)c1.[OH-]. The van der Waals surface area contributed by atoms with Gasteiger partial charge in [-0.3, -0.25) is 0 Å². The van der Waals surface area contributed by atoms with Crippen molar-refractivity contribution in [2.24, 2.45) is 0 Å². The average Bonchev–Trinajstić information content (AvgIpc) is 2.52. The maximum absolute atomic E-state index is 3.17. The highest BCUT2D eigenvalue weighted by molar-refractivity contribution is 5.21. The fourth-order valence-electron chi connectivity index (χ4n) is 1.62. The Morgan fingerprint density at radius 2 is 2.07 bits per heavy atom. The topological polar surface area (TPSA) is 49.7 Å². The molecule has 3 nitrogen and oxygen atoms in total. The summed E-state index contributed by atoms with van der Waals surface area (Å²) in [4.78, 5) is 3.17. The molecule has 0 aliphatic rings. The van der Waals surface area contributed by atoms with Crippen LogP contribution in [0.25, 0.3) is 0 Å². The molecule has 0 bridgehead atoms. The van der Waals surface area contributed by atoms with E-state index in [4.69, 9.17) is 0 Å². The van der Waals surface area contributed by atoms with Gasteiger partial charge in [-0.15, -0.1) is 0 Å². The van der Waals surface area contributed by atoms with Gasteiger partial charge in [-0.2, -0.15) is 0 Å². The summed E-state index contributed by atoms with van der Waals surface area (Å²) in [6.45, 7) is 5.14. The van der Waals surface area contributed by atoms with Gasteiger partial charge in [0.15, 0.2) is 0 Å². The van der Waals surface area contributed by atoms with Gasteiger partial charge in [-0.25, -0.2) is 9.55 Å². The van der Waals surface area contributed by atoms with Crippen LogP contribution in [0.3, 0.4) is 0 Å². The van der Waals surface area contributed by atoms with Crippen molar-refractivity contribution < 1.29 is 10.0 Å². The van der Waals surface area contributed by atoms with Crippen LogP contribution in [0, 0.1) is 13.8 Å². The quantitative estimate of drug-likeness (QED) is 0.745. The molecule has 3 heteroatoms. The summed E-state index contributed by atoms with van der Waals surface area (Å²) >= 11 is 0. The van der Waals surface area contributed by atoms with Crippen LogP contribution in [0.4, 0.5) is 0 Å². The molecule has 0 amide bonds. The molecule has 2 rings (SSSR count). The van der Waals surface area contributed by atoms with Crippen LogP contribution in [-0.4, -0.2) is 10.5 Å². The molecule has 2 aromatic rings. The molecular weight excluding hydrogens is 188 g/mol.